The van der Waals surface area contributed by atoms with E-state index in [9.17, 15) is 4.79 Å². The van der Waals surface area contributed by atoms with Crippen molar-refractivity contribution in [1.82, 2.24) is 0 Å². The molecule has 84 valence electrons. The second-order valence-electron chi connectivity index (χ2n) is 4.12. The lowest BCUT2D eigenvalue weighted by Gasteiger charge is -2.05. The highest BCUT2D eigenvalue weighted by Crippen LogP contribution is 2.27. The van der Waals surface area contributed by atoms with Gasteiger partial charge < -0.3 is 0 Å². The molecular weight excluding hydrogens is 228 g/mol. The predicted molar refractivity (Wildman–Crippen MR) is 70.7 cm³/mol. The Morgan fingerprint density at radius 3 is 2.82 bits per heavy atom. The normalized spacial score (nSPS) is 14.5. The van der Waals surface area contributed by atoms with Gasteiger partial charge in [0, 0.05) is 21.8 Å². The second kappa shape index (κ2) is 4.38. The largest absolute Gasteiger partial charge is 0.289 e. The van der Waals surface area contributed by atoms with E-state index in [-0.39, 0.29) is 5.78 Å². The van der Waals surface area contributed by atoms with Gasteiger partial charge in [0.25, 0.3) is 0 Å². The molecule has 2 bridgehead atoms. The van der Waals surface area contributed by atoms with Gasteiger partial charge in [-0.25, -0.2) is 0 Å². The maximum Gasteiger partial charge on any atom is 0.194 e. The van der Waals surface area contributed by atoms with Crippen LogP contribution in [-0.2, 0) is 6.42 Å². The Morgan fingerprint density at radius 1 is 1.00 bits per heavy atom. The molecular formula is C15H12OS. The zero-order chi connectivity index (χ0) is 11.7. The van der Waals surface area contributed by atoms with Gasteiger partial charge >= 0.3 is 0 Å². The van der Waals surface area contributed by atoms with E-state index in [2.05, 4.69) is 6.07 Å². The van der Waals surface area contributed by atoms with E-state index in [0.717, 1.165) is 28.2 Å². The molecule has 0 aliphatic carbocycles. The van der Waals surface area contributed by atoms with Gasteiger partial charge in [0.1, 0.15) is 0 Å². The molecule has 1 nitrogen and oxygen atoms in total. The molecule has 1 aliphatic rings. The first-order valence-electron chi connectivity index (χ1n) is 5.70. The summed E-state index contributed by atoms with van der Waals surface area (Å²) in [7, 11) is 0. The van der Waals surface area contributed by atoms with Gasteiger partial charge in [-0.1, -0.05) is 30.3 Å². The summed E-state index contributed by atoms with van der Waals surface area (Å²) in [5.41, 5.74) is 2.88. The Hall–Kier alpha value is -1.54. The molecule has 2 aromatic rings. The van der Waals surface area contributed by atoms with Gasteiger partial charge in [-0.15, -0.1) is 11.8 Å². The van der Waals surface area contributed by atoms with Crippen molar-refractivity contribution in [3.05, 3.63) is 65.2 Å². The molecule has 0 fully saturated rings. The summed E-state index contributed by atoms with van der Waals surface area (Å²) in [4.78, 5) is 13.5. The van der Waals surface area contributed by atoms with Gasteiger partial charge in [0.15, 0.2) is 5.78 Å². The van der Waals surface area contributed by atoms with E-state index in [4.69, 9.17) is 0 Å². The van der Waals surface area contributed by atoms with Gasteiger partial charge in [0.2, 0.25) is 0 Å². The summed E-state index contributed by atoms with van der Waals surface area (Å²) < 4.78 is 0. The number of hydrogen-bond donors (Lipinski definition) is 0. The molecule has 17 heavy (non-hydrogen) atoms. The third-order valence-electron chi connectivity index (χ3n) is 2.97. The van der Waals surface area contributed by atoms with Crippen LogP contribution < -0.4 is 0 Å². The Kier molecular flexibility index (Phi) is 2.73. The van der Waals surface area contributed by atoms with E-state index >= 15 is 0 Å². The number of thioether (sulfide) groups is 1. The number of aryl methyl sites for hydroxylation is 1. The maximum absolute atomic E-state index is 12.4. The van der Waals surface area contributed by atoms with E-state index in [1.807, 2.05) is 42.5 Å². The van der Waals surface area contributed by atoms with Crippen LogP contribution in [-0.4, -0.2) is 11.5 Å². The van der Waals surface area contributed by atoms with Crippen molar-refractivity contribution >= 4 is 17.5 Å². The molecule has 1 heterocycles. The lowest BCUT2D eigenvalue weighted by Crippen LogP contribution is -2.02. The standard InChI is InChI=1S/C15H12OS/c16-15-12-5-3-4-11(10-12)8-9-17-14-7-2-1-6-13(14)15/h1-7,10H,8-9H2. The van der Waals surface area contributed by atoms with Crippen LogP contribution in [0.3, 0.4) is 0 Å². The SMILES string of the molecule is O=C1c2cccc(c2)CCSc2ccccc21. The Morgan fingerprint density at radius 2 is 1.88 bits per heavy atom. The van der Waals surface area contributed by atoms with Crippen LogP contribution in [0.15, 0.2) is 53.4 Å². The number of ketones is 1. The molecule has 0 unspecified atom stereocenters. The van der Waals surface area contributed by atoms with Crippen molar-refractivity contribution in [3.63, 3.8) is 0 Å². The summed E-state index contributed by atoms with van der Waals surface area (Å²) in [5.74, 6) is 1.16. The third kappa shape index (κ3) is 2.01. The molecule has 0 atom stereocenters. The monoisotopic (exact) mass is 240 g/mol. The van der Waals surface area contributed by atoms with Crippen LogP contribution in [0.1, 0.15) is 21.5 Å². The van der Waals surface area contributed by atoms with Gasteiger partial charge in [0.05, 0.1) is 0 Å². The maximum atomic E-state index is 12.4. The van der Waals surface area contributed by atoms with Crippen molar-refractivity contribution < 1.29 is 4.79 Å². The van der Waals surface area contributed by atoms with Crippen molar-refractivity contribution in [2.24, 2.45) is 0 Å². The molecule has 0 saturated carbocycles. The molecule has 2 aromatic carbocycles. The van der Waals surface area contributed by atoms with Crippen LogP contribution >= 0.6 is 11.8 Å². The summed E-state index contributed by atoms with van der Waals surface area (Å²) in [6, 6.07) is 15.9. The van der Waals surface area contributed by atoms with E-state index in [1.165, 1.54) is 5.56 Å². The van der Waals surface area contributed by atoms with E-state index < -0.39 is 0 Å². The lowest BCUT2D eigenvalue weighted by atomic mass is 10.0. The fraction of sp³-hybridized carbons (Fsp3) is 0.133. The number of rotatable bonds is 0. The first-order chi connectivity index (χ1) is 8.34. The average Bonchev–Trinajstić information content (AvgIpc) is 2.42. The zero-order valence-electron chi connectivity index (χ0n) is 9.35. The van der Waals surface area contributed by atoms with E-state index in [1.54, 1.807) is 11.8 Å². The molecule has 1 aliphatic heterocycles. The highest BCUT2D eigenvalue weighted by molar-refractivity contribution is 7.99. The smallest absolute Gasteiger partial charge is 0.194 e. The number of hydrogen-bond acceptors (Lipinski definition) is 2. The summed E-state index contributed by atoms with van der Waals surface area (Å²) in [6.45, 7) is 0. The van der Waals surface area contributed by atoms with Crippen molar-refractivity contribution in [2.45, 2.75) is 11.3 Å². The summed E-state index contributed by atoms with van der Waals surface area (Å²) in [6.07, 6.45) is 1.01. The first kappa shape index (κ1) is 10.6. The molecule has 0 radical (unpaired) electrons. The average molecular weight is 240 g/mol. The number of benzene rings is 2. The first-order valence-corrected chi connectivity index (χ1v) is 6.68. The molecule has 0 aromatic heterocycles. The Balaban J connectivity index is 2.17. The Bertz CT molecular complexity index is 575. The third-order valence-corrected chi connectivity index (χ3v) is 4.04. The van der Waals surface area contributed by atoms with Crippen LogP contribution in [0.5, 0.6) is 0 Å². The molecule has 0 saturated heterocycles. The van der Waals surface area contributed by atoms with Crippen LogP contribution in [0.2, 0.25) is 0 Å². The van der Waals surface area contributed by atoms with Crippen LogP contribution in [0.25, 0.3) is 0 Å². The minimum Gasteiger partial charge on any atom is -0.289 e. The van der Waals surface area contributed by atoms with Crippen molar-refractivity contribution in [2.75, 3.05) is 5.75 Å². The summed E-state index contributed by atoms with van der Waals surface area (Å²) in [5, 5.41) is 0. The molecule has 2 heteroatoms. The topological polar surface area (TPSA) is 17.1 Å². The van der Waals surface area contributed by atoms with Crippen LogP contribution in [0.4, 0.5) is 0 Å². The second-order valence-corrected chi connectivity index (χ2v) is 5.26. The lowest BCUT2D eigenvalue weighted by molar-refractivity contribution is 0.103. The predicted octanol–water partition coefficient (Wildman–Crippen LogP) is 3.57. The minimum absolute atomic E-state index is 0.136. The van der Waals surface area contributed by atoms with Gasteiger partial charge in [-0.2, -0.15) is 0 Å². The quantitative estimate of drug-likeness (QED) is 0.700. The fourth-order valence-electron chi connectivity index (χ4n) is 2.08. The highest BCUT2D eigenvalue weighted by atomic mass is 32.2. The number of carbonyl (C=O) groups excluding carboxylic acids is 1. The highest BCUT2D eigenvalue weighted by Gasteiger charge is 2.15. The van der Waals surface area contributed by atoms with Crippen LogP contribution in [0, 0.1) is 0 Å². The number of fused-ring (bicyclic) bond motifs is 3. The Labute approximate surface area is 105 Å². The number of carbonyl (C=O) groups is 1. The zero-order valence-corrected chi connectivity index (χ0v) is 10.2. The fourth-order valence-corrected chi connectivity index (χ4v) is 3.13. The van der Waals surface area contributed by atoms with Gasteiger partial charge in [-0.3, -0.25) is 4.79 Å². The molecule has 0 N–H and O–H groups in total. The van der Waals surface area contributed by atoms with Gasteiger partial charge in [-0.05, 0) is 30.2 Å². The van der Waals surface area contributed by atoms with Crippen molar-refractivity contribution in [1.29, 1.82) is 0 Å². The molecule has 3 rings (SSSR count). The summed E-state index contributed by atoms with van der Waals surface area (Å²) >= 11 is 1.77. The van der Waals surface area contributed by atoms with E-state index in [0.29, 0.717) is 0 Å². The van der Waals surface area contributed by atoms with Crippen molar-refractivity contribution in [3.8, 4) is 0 Å². The minimum atomic E-state index is 0.136. The molecule has 0 amide bonds. The molecule has 0 spiro atoms.